The van der Waals surface area contributed by atoms with Crippen molar-refractivity contribution < 1.29 is 4.79 Å². The average molecular weight is 451 g/mol. The first kappa shape index (κ1) is 21.5. The molecule has 2 unspecified atom stereocenters. The van der Waals surface area contributed by atoms with E-state index in [-0.39, 0.29) is 29.9 Å². The molecule has 0 radical (unpaired) electrons. The van der Waals surface area contributed by atoms with Gasteiger partial charge in [0.25, 0.3) is 0 Å². The molecule has 2 fully saturated rings. The minimum Gasteiger partial charge on any atom is -0.355 e. The van der Waals surface area contributed by atoms with E-state index in [1.54, 1.807) is 0 Å². The summed E-state index contributed by atoms with van der Waals surface area (Å²) in [5.74, 6) is 1.10. The molecule has 2 N–H and O–H groups in total. The van der Waals surface area contributed by atoms with Crippen molar-refractivity contribution >= 4 is 35.8 Å². The topological polar surface area (TPSA) is 60.0 Å². The Bertz CT molecular complexity index is 418. The van der Waals surface area contributed by atoms with Gasteiger partial charge < -0.3 is 15.5 Å². The summed E-state index contributed by atoms with van der Waals surface area (Å²) >= 11 is 0. The van der Waals surface area contributed by atoms with Crippen molar-refractivity contribution in [2.24, 2.45) is 4.99 Å². The van der Waals surface area contributed by atoms with Crippen molar-refractivity contribution in [3.05, 3.63) is 0 Å². The molecular formula is C17H34IN5O. The Hall–Kier alpha value is -0.570. The van der Waals surface area contributed by atoms with Crippen LogP contribution in [0.25, 0.3) is 0 Å². The van der Waals surface area contributed by atoms with Crippen LogP contribution in [-0.2, 0) is 4.79 Å². The normalized spacial score (nSPS) is 25.3. The van der Waals surface area contributed by atoms with E-state index in [0.717, 1.165) is 38.6 Å². The molecule has 2 heterocycles. The van der Waals surface area contributed by atoms with Crippen LogP contribution in [0.1, 0.15) is 46.0 Å². The van der Waals surface area contributed by atoms with Gasteiger partial charge in [-0.25, -0.2) is 0 Å². The SMILES string of the molecule is CCC(=O)N1CCC(NC(=NC)NCCN2CCCCC2C)C1.I. The number of carbonyl (C=O) groups excluding carboxylic acids is 1. The fraction of sp³-hybridized carbons (Fsp3) is 0.882. The predicted octanol–water partition coefficient (Wildman–Crippen LogP) is 1.65. The van der Waals surface area contributed by atoms with Crippen molar-refractivity contribution in [3.8, 4) is 0 Å². The second-order valence-electron chi connectivity index (χ2n) is 6.70. The lowest BCUT2D eigenvalue weighted by Gasteiger charge is -2.33. The van der Waals surface area contributed by atoms with Gasteiger partial charge in [0, 0.05) is 51.7 Å². The third-order valence-electron chi connectivity index (χ3n) is 5.04. The number of carbonyl (C=O) groups is 1. The number of nitrogens with zero attached hydrogens (tertiary/aromatic N) is 3. The minimum atomic E-state index is 0. The maximum atomic E-state index is 11.7. The Labute approximate surface area is 163 Å². The molecule has 7 heteroatoms. The number of halogens is 1. The van der Waals surface area contributed by atoms with Gasteiger partial charge in [-0.1, -0.05) is 13.3 Å². The van der Waals surface area contributed by atoms with Gasteiger partial charge in [0.05, 0.1) is 0 Å². The summed E-state index contributed by atoms with van der Waals surface area (Å²) in [6.07, 6.45) is 5.59. The molecule has 0 aromatic carbocycles. The van der Waals surface area contributed by atoms with Crippen molar-refractivity contribution in [1.82, 2.24) is 20.4 Å². The Balaban J connectivity index is 0.00000288. The third-order valence-corrected chi connectivity index (χ3v) is 5.04. The number of hydrogen-bond acceptors (Lipinski definition) is 3. The van der Waals surface area contributed by atoms with Crippen LogP contribution in [-0.4, -0.2) is 73.5 Å². The number of aliphatic imine (C=N–C) groups is 1. The summed E-state index contributed by atoms with van der Waals surface area (Å²) in [5, 5.41) is 6.87. The van der Waals surface area contributed by atoms with Crippen LogP contribution in [0.3, 0.4) is 0 Å². The molecule has 24 heavy (non-hydrogen) atoms. The number of likely N-dealkylation sites (tertiary alicyclic amines) is 2. The van der Waals surface area contributed by atoms with Crippen molar-refractivity contribution in [3.63, 3.8) is 0 Å². The molecule has 0 aromatic heterocycles. The Morgan fingerprint density at radius 2 is 2.04 bits per heavy atom. The molecule has 0 saturated carbocycles. The van der Waals surface area contributed by atoms with Gasteiger partial charge >= 0.3 is 0 Å². The molecule has 140 valence electrons. The van der Waals surface area contributed by atoms with Crippen molar-refractivity contribution in [2.45, 2.75) is 58.0 Å². The fourth-order valence-corrected chi connectivity index (χ4v) is 3.52. The lowest BCUT2D eigenvalue weighted by molar-refractivity contribution is -0.129. The molecule has 2 saturated heterocycles. The van der Waals surface area contributed by atoms with Crippen molar-refractivity contribution in [1.29, 1.82) is 0 Å². The highest BCUT2D eigenvalue weighted by atomic mass is 127. The summed E-state index contributed by atoms with van der Waals surface area (Å²) in [7, 11) is 1.81. The molecule has 2 atom stereocenters. The van der Waals surface area contributed by atoms with Crippen LogP contribution in [0.15, 0.2) is 4.99 Å². The molecule has 2 aliphatic rings. The number of guanidine groups is 1. The molecule has 6 nitrogen and oxygen atoms in total. The highest BCUT2D eigenvalue weighted by molar-refractivity contribution is 14.0. The monoisotopic (exact) mass is 451 g/mol. The van der Waals surface area contributed by atoms with Crippen LogP contribution in [0.5, 0.6) is 0 Å². The van der Waals surface area contributed by atoms with E-state index in [4.69, 9.17) is 0 Å². The number of amides is 1. The van der Waals surface area contributed by atoms with E-state index < -0.39 is 0 Å². The molecule has 2 aliphatic heterocycles. The first-order valence-corrected chi connectivity index (χ1v) is 9.13. The van der Waals surface area contributed by atoms with Crippen LogP contribution in [0, 0.1) is 0 Å². The summed E-state index contributed by atoms with van der Waals surface area (Å²) in [6, 6.07) is 1.01. The van der Waals surface area contributed by atoms with Gasteiger partial charge in [0.1, 0.15) is 0 Å². The minimum absolute atomic E-state index is 0. The van der Waals surface area contributed by atoms with Gasteiger partial charge in [0.15, 0.2) is 5.96 Å². The lowest BCUT2D eigenvalue weighted by Crippen LogP contribution is -2.48. The zero-order valence-electron chi connectivity index (χ0n) is 15.4. The first-order chi connectivity index (χ1) is 11.1. The van der Waals surface area contributed by atoms with Gasteiger partial charge in [-0.15, -0.1) is 24.0 Å². The second-order valence-corrected chi connectivity index (χ2v) is 6.70. The maximum absolute atomic E-state index is 11.7. The van der Waals surface area contributed by atoms with Gasteiger partial charge in [0.2, 0.25) is 5.91 Å². The second kappa shape index (κ2) is 11.1. The highest BCUT2D eigenvalue weighted by Crippen LogP contribution is 2.15. The van der Waals surface area contributed by atoms with Gasteiger partial charge in [-0.3, -0.25) is 14.7 Å². The van der Waals surface area contributed by atoms with Crippen LogP contribution in [0.2, 0.25) is 0 Å². The quantitative estimate of drug-likeness (QED) is 0.379. The van der Waals surface area contributed by atoms with E-state index in [1.165, 1.54) is 25.8 Å². The standard InChI is InChI=1S/C17H33N5O.HI/c1-4-16(23)22-11-8-15(13-22)20-17(18-3)19-9-12-21-10-6-5-7-14(21)2;/h14-15H,4-13H2,1-3H3,(H2,18,19,20);1H. The average Bonchev–Trinajstić information content (AvgIpc) is 3.03. The highest BCUT2D eigenvalue weighted by Gasteiger charge is 2.25. The fourth-order valence-electron chi connectivity index (χ4n) is 3.52. The summed E-state index contributed by atoms with van der Waals surface area (Å²) in [6.45, 7) is 9.07. The number of nitrogens with one attached hydrogen (secondary N) is 2. The summed E-state index contributed by atoms with van der Waals surface area (Å²) in [4.78, 5) is 20.6. The largest absolute Gasteiger partial charge is 0.355 e. The van der Waals surface area contributed by atoms with Gasteiger partial charge in [-0.2, -0.15) is 0 Å². The molecular weight excluding hydrogens is 417 g/mol. The molecule has 2 rings (SSSR count). The lowest BCUT2D eigenvalue weighted by atomic mass is 10.0. The summed E-state index contributed by atoms with van der Waals surface area (Å²) in [5.41, 5.74) is 0. The third kappa shape index (κ3) is 6.38. The smallest absolute Gasteiger partial charge is 0.222 e. The molecule has 0 aromatic rings. The zero-order chi connectivity index (χ0) is 16.7. The molecule has 0 aliphatic carbocycles. The number of hydrogen-bond donors (Lipinski definition) is 2. The predicted molar refractivity (Wildman–Crippen MR) is 110 cm³/mol. The van der Waals surface area contributed by atoms with E-state index in [0.29, 0.717) is 18.5 Å². The number of piperidine rings is 1. The number of rotatable bonds is 5. The maximum Gasteiger partial charge on any atom is 0.222 e. The Morgan fingerprint density at radius 1 is 1.25 bits per heavy atom. The zero-order valence-corrected chi connectivity index (χ0v) is 17.7. The molecule has 0 bridgehead atoms. The Morgan fingerprint density at radius 3 is 2.71 bits per heavy atom. The van der Waals surface area contributed by atoms with Crippen LogP contribution < -0.4 is 10.6 Å². The van der Waals surface area contributed by atoms with Crippen molar-refractivity contribution in [2.75, 3.05) is 39.8 Å². The van der Waals surface area contributed by atoms with E-state index in [1.807, 2.05) is 18.9 Å². The first-order valence-electron chi connectivity index (χ1n) is 9.13. The molecule has 0 spiro atoms. The Kier molecular flexibility index (Phi) is 9.95. The van der Waals surface area contributed by atoms with Gasteiger partial charge in [-0.05, 0) is 32.7 Å². The van der Waals surface area contributed by atoms with E-state index in [9.17, 15) is 4.79 Å². The van der Waals surface area contributed by atoms with E-state index >= 15 is 0 Å². The van der Waals surface area contributed by atoms with Crippen LogP contribution >= 0.6 is 24.0 Å². The molecule has 1 amide bonds. The van der Waals surface area contributed by atoms with E-state index in [2.05, 4.69) is 27.4 Å². The van der Waals surface area contributed by atoms with Crippen LogP contribution in [0.4, 0.5) is 0 Å². The summed E-state index contributed by atoms with van der Waals surface area (Å²) < 4.78 is 0.